The Morgan fingerprint density at radius 3 is 2.88 bits per heavy atom. The fraction of sp³-hybridized carbons (Fsp3) is 0.571. The molecule has 1 unspecified atom stereocenters. The first-order chi connectivity index (χ1) is 7.63. The van der Waals surface area contributed by atoms with E-state index in [0.29, 0.717) is 0 Å². The van der Waals surface area contributed by atoms with Gasteiger partial charge >= 0.3 is 5.97 Å². The van der Waals surface area contributed by atoms with Crippen LogP contribution in [0.25, 0.3) is 0 Å². The predicted molar refractivity (Wildman–Crippen MR) is 49.6 cm³/mol. The van der Waals surface area contributed by atoms with Crippen molar-refractivity contribution in [1.82, 2.24) is 25.9 Å². The first kappa shape index (κ1) is 12.0. The third-order valence-corrected chi connectivity index (χ3v) is 1.77. The van der Waals surface area contributed by atoms with E-state index in [1.165, 1.54) is 7.11 Å². The summed E-state index contributed by atoms with van der Waals surface area (Å²) in [7, 11) is 1.37. The van der Waals surface area contributed by atoms with E-state index in [-0.39, 0.29) is 18.8 Å². The van der Waals surface area contributed by atoms with Gasteiger partial charge in [0.05, 0.1) is 12.5 Å². The third kappa shape index (κ3) is 3.61. The minimum absolute atomic E-state index is 0.0656. The highest BCUT2D eigenvalue weighted by molar-refractivity contribution is 5.90. The number of nitrogens with zero attached hydrogens (tertiary/aromatic N) is 3. The number of tetrazole rings is 1. The molecule has 0 spiro atoms. The highest BCUT2D eigenvalue weighted by Crippen LogP contribution is 1.96. The van der Waals surface area contributed by atoms with E-state index < -0.39 is 18.0 Å². The number of ether oxygens (including phenoxy) is 1. The van der Waals surface area contributed by atoms with Crippen molar-refractivity contribution in [3.05, 3.63) is 5.82 Å². The Labute approximate surface area is 90.2 Å². The zero-order valence-electron chi connectivity index (χ0n) is 8.51. The van der Waals surface area contributed by atoms with Crippen LogP contribution in [0, 0.1) is 0 Å². The first-order valence-corrected chi connectivity index (χ1v) is 4.39. The summed E-state index contributed by atoms with van der Waals surface area (Å²) in [5.41, 5.74) is 0. The third-order valence-electron chi connectivity index (χ3n) is 1.77. The van der Waals surface area contributed by atoms with Crippen LogP contribution < -0.4 is 5.32 Å². The minimum Gasteiger partial charge on any atom is -0.481 e. The molecule has 0 fully saturated rings. The molecule has 0 radical (unpaired) electrons. The molecule has 1 aromatic rings. The molecule has 9 nitrogen and oxygen atoms in total. The molecule has 1 aromatic heterocycles. The van der Waals surface area contributed by atoms with Crippen molar-refractivity contribution in [3.63, 3.8) is 0 Å². The fourth-order valence-corrected chi connectivity index (χ4v) is 0.977. The van der Waals surface area contributed by atoms with Gasteiger partial charge in [0, 0.05) is 13.7 Å². The largest absolute Gasteiger partial charge is 0.481 e. The molecule has 0 saturated carbocycles. The second-order valence-electron chi connectivity index (χ2n) is 2.90. The van der Waals surface area contributed by atoms with E-state index in [1.807, 2.05) is 0 Å². The number of aliphatic carboxylic acids is 1. The molecule has 1 rings (SSSR count). The average Bonchev–Trinajstić information content (AvgIpc) is 2.76. The molecule has 0 aromatic carbocycles. The molecule has 1 amide bonds. The molecule has 0 aliphatic carbocycles. The van der Waals surface area contributed by atoms with E-state index in [2.05, 4.69) is 25.9 Å². The number of H-pyrrole nitrogens is 1. The van der Waals surface area contributed by atoms with Crippen molar-refractivity contribution in [2.24, 2.45) is 0 Å². The first-order valence-electron chi connectivity index (χ1n) is 4.39. The molecular weight excluding hydrogens is 218 g/mol. The highest BCUT2D eigenvalue weighted by Gasteiger charge is 2.16. The zero-order valence-corrected chi connectivity index (χ0v) is 8.51. The van der Waals surface area contributed by atoms with Crippen molar-refractivity contribution in [3.8, 4) is 0 Å². The van der Waals surface area contributed by atoms with Crippen molar-refractivity contribution < 1.29 is 19.4 Å². The van der Waals surface area contributed by atoms with Gasteiger partial charge < -0.3 is 15.2 Å². The Morgan fingerprint density at radius 1 is 1.62 bits per heavy atom. The lowest BCUT2D eigenvalue weighted by molar-refractivity contribution is -0.139. The lowest BCUT2D eigenvalue weighted by Gasteiger charge is -2.12. The van der Waals surface area contributed by atoms with Crippen LogP contribution in [-0.4, -0.2) is 57.4 Å². The number of carbonyl (C=O) groups excluding carboxylic acids is 1. The Morgan fingerprint density at radius 2 is 2.38 bits per heavy atom. The molecule has 0 aliphatic rings. The molecule has 16 heavy (non-hydrogen) atoms. The van der Waals surface area contributed by atoms with Crippen LogP contribution in [0.3, 0.4) is 0 Å². The number of amides is 1. The van der Waals surface area contributed by atoms with Crippen LogP contribution in [0.1, 0.15) is 17.0 Å². The van der Waals surface area contributed by atoms with Gasteiger partial charge in [0.15, 0.2) is 0 Å². The molecule has 0 aliphatic heterocycles. The van der Waals surface area contributed by atoms with Gasteiger partial charge in [0.25, 0.3) is 11.7 Å². The standard InChI is InChI=1S/C7H11N5O4/c1-16-4(2-5(13)14)3-8-7(15)6-9-11-12-10-6/h4H,2-3H2,1H3,(H,8,15)(H,13,14)(H,9,10,11,12). The number of carboxylic acids is 1. The second-order valence-corrected chi connectivity index (χ2v) is 2.90. The summed E-state index contributed by atoms with van der Waals surface area (Å²) in [4.78, 5) is 21.7. The number of carboxylic acid groups (broad SMARTS) is 1. The molecule has 3 N–H and O–H groups in total. The Balaban J connectivity index is 2.38. The average molecular weight is 229 g/mol. The van der Waals surface area contributed by atoms with Gasteiger partial charge in [-0.2, -0.15) is 5.21 Å². The summed E-state index contributed by atoms with van der Waals surface area (Å²) in [6, 6.07) is 0. The fourth-order valence-electron chi connectivity index (χ4n) is 0.977. The maximum Gasteiger partial charge on any atom is 0.306 e. The van der Waals surface area contributed by atoms with Gasteiger partial charge in [0.2, 0.25) is 0 Å². The number of rotatable bonds is 6. The van der Waals surface area contributed by atoms with Gasteiger partial charge in [-0.05, 0) is 5.21 Å². The highest BCUT2D eigenvalue weighted by atomic mass is 16.5. The smallest absolute Gasteiger partial charge is 0.306 e. The van der Waals surface area contributed by atoms with E-state index in [0.717, 1.165) is 0 Å². The molecular formula is C7H11N5O4. The maximum atomic E-state index is 11.3. The topological polar surface area (TPSA) is 130 Å². The summed E-state index contributed by atoms with van der Waals surface area (Å²) in [6.45, 7) is 0.0656. The summed E-state index contributed by atoms with van der Waals surface area (Å²) in [5, 5.41) is 23.2. The quantitative estimate of drug-likeness (QED) is 0.536. The van der Waals surface area contributed by atoms with Crippen molar-refractivity contribution >= 4 is 11.9 Å². The van der Waals surface area contributed by atoms with E-state index in [9.17, 15) is 9.59 Å². The lowest BCUT2D eigenvalue weighted by atomic mass is 10.2. The second kappa shape index (κ2) is 5.75. The molecule has 1 atom stereocenters. The van der Waals surface area contributed by atoms with Crippen molar-refractivity contribution in [1.29, 1.82) is 0 Å². The zero-order chi connectivity index (χ0) is 12.0. The lowest BCUT2D eigenvalue weighted by Crippen LogP contribution is -2.35. The van der Waals surface area contributed by atoms with E-state index >= 15 is 0 Å². The van der Waals surface area contributed by atoms with Crippen LogP contribution in [0.5, 0.6) is 0 Å². The number of aromatic nitrogens is 4. The van der Waals surface area contributed by atoms with Gasteiger partial charge in [-0.1, -0.05) is 0 Å². The van der Waals surface area contributed by atoms with Crippen LogP contribution >= 0.6 is 0 Å². The Hall–Kier alpha value is -2.03. The number of hydrogen-bond acceptors (Lipinski definition) is 6. The van der Waals surface area contributed by atoms with Gasteiger partial charge in [0.1, 0.15) is 0 Å². The number of hydrogen-bond donors (Lipinski definition) is 3. The monoisotopic (exact) mass is 229 g/mol. The molecule has 9 heteroatoms. The van der Waals surface area contributed by atoms with E-state index in [1.54, 1.807) is 0 Å². The SMILES string of the molecule is COC(CNC(=O)c1nn[nH]n1)CC(=O)O. The minimum atomic E-state index is -0.999. The normalized spacial score (nSPS) is 12.1. The molecule has 1 heterocycles. The number of nitrogens with one attached hydrogen (secondary N) is 2. The summed E-state index contributed by atoms with van der Waals surface area (Å²) < 4.78 is 4.87. The Bertz CT molecular complexity index is 352. The van der Waals surface area contributed by atoms with Gasteiger partial charge in [-0.15, -0.1) is 10.2 Å². The summed E-state index contributed by atoms with van der Waals surface area (Å²) in [6.07, 6.45) is -0.781. The van der Waals surface area contributed by atoms with Crippen LogP contribution in [0.15, 0.2) is 0 Å². The number of aromatic amines is 1. The predicted octanol–water partition coefficient (Wildman–Crippen LogP) is -1.58. The van der Waals surface area contributed by atoms with Crippen molar-refractivity contribution in [2.45, 2.75) is 12.5 Å². The number of carbonyl (C=O) groups is 2. The molecule has 0 bridgehead atoms. The van der Waals surface area contributed by atoms with Gasteiger partial charge in [-0.3, -0.25) is 9.59 Å². The number of methoxy groups -OCH3 is 1. The van der Waals surface area contributed by atoms with Gasteiger partial charge in [-0.25, -0.2) is 0 Å². The Kier molecular flexibility index (Phi) is 4.33. The maximum absolute atomic E-state index is 11.3. The summed E-state index contributed by atoms with van der Waals surface area (Å²) in [5.74, 6) is -1.65. The van der Waals surface area contributed by atoms with Crippen molar-refractivity contribution in [2.75, 3.05) is 13.7 Å². The molecule has 0 saturated heterocycles. The van der Waals surface area contributed by atoms with Crippen LogP contribution in [0.2, 0.25) is 0 Å². The summed E-state index contributed by atoms with van der Waals surface area (Å²) >= 11 is 0. The van der Waals surface area contributed by atoms with Crippen LogP contribution in [0.4, 0.5) is 0 Å². The van der Waals surface area contributed by atoms with E-state index in [4.69, 9.17) is 9.84 Å². The molecule has 88 valence electrons. The van der Waals surface area contributed by atoms with Crippen LogP contribution in [-0.2, 0) is 9.53 Å².